The smallest absolute Gasteiger partial charge is 0.335 e. The van der Waals surface area contributed by atoms with Crippen LogP contribution in [0.15, 0.2) is 42.5 Å². The van der Waals surface area contributed by atoms with Gasteiger partial charge in [-0.25, -0.2) is 4.79 Å². The standard InChI is InChI=1S/C37H47NO11/c1-3-14-38-15-8-11-24-16-25-23(17-29(24)38)12-13-30(47-21-22-9-6-5-7-10-22)34(25)48-37-28(20-33(43)44)26(18-31(39)40)27(19-32(41)42)35(49-37)36(45)46-4-2/h5-7,9-10,12-13,24,26-29,35,37H,3-4,8,11,14-21H2,1-2H3,(H,39,40)(H,41,42)(H,43,44)/t24-,26+,27+,28-,29-,35+,37-/m1/s1. The first-order valence-electron chi connectivity index (χ1n) is 17.3. The predicted molar refractivity (Wildman–Crippen MR) is 176 cm³/mol. The predicted octanol–water partition coefficient (Wildman–Crippen LogP) is 4.79. The molecule has 0 spiro atoms. The topological polar surface area (TPSA) is 169 Å². The maximum Gasteiger partial charge on any atom is 0.335 e. The van der Waals surface area contributed by atoms with Gasteiger partial charge in [-0.15, -0.1) is 0 Å². The second-order valence-corrected chi connectivity index (χ2v) is 13.3. The van der Waals surface area contributed by atoms with Crippen molar-refractivity contribution in [3.05, 3.63) is 59.2 Å². The zero-order valence-electron chi connectivity index (χ0n) is 28.1. The molecule has 0 aromatic heterocycles. The van der Waals surface area contributed by atoms with Crippen molar-refractivity contribution >= 4 is 23.9 Å². The van der Waals surface area contributed by atoms with Gasteiger partial charge in [0.05, 0.1) is 19.4 Å². The van der Waals surface area contributed by atoms with Crippen LogP contribution in [0.5, 0.6) is 11.5 Å². The molecule has 0 amide bonds. The number of aliphatic carboxylic acids is 3. The summed E-state index contributed by atoms with van der Waals surface area (Å²) < 4.78 is 24.5. The lowest BCUT2D eigenvalue weighted by atomic mass is 9.71. The molecule has 5 rings (SSSR count). The van der Waals surface area contributed by atoms with E-state index in [-0.39, 0.29) is 13.2 Å². The number of carbonyl (C=O) groups excluding carboxylic acids is 1. The lowest BCUT2D eigenvalue weighted by Crippen LogP contribution is -2.54. The molecule has 12 nitrogen and oxygen atoms in total. The van der Waals surface area contributed by atoms with Gasteiger partial charge in [0, 0.05) is 29.9 Å². The number of nitrogens with zero attached hydrogens (tertiary/aromatic N) is 1. The van der Waals surface area contributed by atoms with E-state index in [1.54, 1.807) is 6.92 Å². The zero-order valence-corrected chi connectivity index (χ0v) is 28.1. The van der Waals surface area contributed by atoms with Crippen LogP contribution in [-0.4, -0.2) is 82.2 Å². The van der Waals surface area contributed by atoms with Crippen molar-refractivity contribution in [2.75, 3.05) is 19.7 Å². The summed E-state index contributed by atoms with van der Waals surface area (Å²) in [5, 5.41) is 29.7. The van der Waals surface area contributed by atoms with Gasteiger partial charge in [0.1, 0.15) is 6.61 Å². The van der Waals surface area contributed by atoms with E-state index in [4.69, 9.17) is 18.9 Å². The van der Waals surface area contributed by atoms with Crippen LogP contribution < -0.4 is 9.47 Å². The van der Waals surface area contributed by atoms with Crippen LogP contribution in [0, 0.1) is 23.7 Å². The van der Waals surface area contributed by atoms with Gasteiger partial charge in [-0.1, -0.05) is 43.3 Å². The van der Waals surface area contributed by atoms with Gasteiger partial charge in [-0.2, -0.15) is 0 Å². The van der Waals surface area contributed by atoms with Crippen molar-refractivity contribution in [1.82, 2.24) is 4.90 Å². The molecule has 1 aliphatic carbocycles. The number of likely N-dealkylation sites (tertiary alicyclic amines) is 1. The number of carbonyl (C=O) groups is 4. The summed E-state index contributed by atoms with van der Waals surface area (Å²) in [5.74, 6) is -6.85. The Balaban J connectivity index is 1.58. The fourth-order valence-corrected chi connectivity index (χ4v) is 8.03. The summed E-state index contributed by atoms with van der Waals surface area (Å²) in [6, 6.07) is 13.9. The molecule has 2 aliphatic heterocycles. The third-order valence-corrected chi connectivity index (χ3v) is 10.1. The van der Waals surface area contributed by atoms with Crippen molar-refractivity contribution in [2.45, 2.75) is 90.3 Å². The lowest BCUT2D eigenvalue weighted by molar-refractivity contribution is -0.235. The molecule has 0 radical (unpaired) electrons. The minimum atomic E-state index is -1.49. The van der Waals surface area contributed by atoms with Crippen molar-refractivity contribution < 1.29 is 53.4 Å². The highest BCUT2D eigenvalue weighted by molar-refractivity contribution is 5.78. The average molecular weight is 682 g/mol. The van der Waals surface area contributed by atoms with Crippen LogP contribution in [-0.2, 0) is 48.1 Å². The fourth-order valence-electron chi connectivity index (χ4n) is 8.03. The maximum atomic E-state index is 13.3. The molecule has 0 saturated carbocycles. The first kappa shape index (κ1) is 36.1. The van der Waals surface area contributed by atoms with E-state index in [1.165, 1.54) is 0 Å². The molecule has 2 fully saturated rings. The number of rotatable bonds is 15. The van der Waals surface area contributed by atoms with E-state index in [0.29, 0.717) is 29.9 Å². The monoisotopic (exact) mass is 681 g/mol. The number of carboxylic acids is 3. The first-order valence-corrected chi connectivity index (χ1v) is 17.3. The largest absolute Gasteiger partial charge is 0.485 e. The Bertz CT molecular complexity index is 1480. The third kappa shape index (κ3) is 8.72. The van der Waals surface area contributed by atoms with Gasteiger partial charge in [0.2, 0.25) is 6.29 Å². The molecule has 2 heterocycles. The van der Waals surface area contributed by atoms with Crippen LogP contribution in [0.3, 0.4) is 0 Å². The quantitative estimate of drug-likeness (QED) is 0.220. The molecule has 49 heavy (non-hydrogen) atoms. The summed E-state index contributed by atoms with van der Waals surface area (Å²) in [6.45, 7) is 6.05. The minimum absolute atomic E-state index is 0.0204. The number of benzene rings is 2. The highest BCUT2D eigenvalue weighted by Gasteiger charge is 2.52. The molecule has 7 atom stereocenters. The van der Waals surface area contributed by atoms with Crippen LogP contribution in [0.2, 0.25) is 0 Å². The average Bonchev–Trinajstić information content (AvgIpc) is 3.06. The van der Waals surface area contributed by atoms with Gasteiger partial charge in [-0.3, -0.25) is 19.3 Å². The highest BCUT2D eigenvalue weighted by atomic mass is 16.7. The van der Waals surface area contributed by atoms with Gasteiger partial charge < -0.3 is 34.3 Å². The summed E-state index contributed by atoms with van der Waals surface area (Å²) in [4.78, 5) is 52.2. The SMILES string of the molecule is CCCN1CCC[C@@H]2Cc3c(ccc(OCc4ccccc4)c3O[C@@H]3O[C@H](C(=O)OCC)[C@@H](CC(=O)O)[C@H](CC(=O)O)[C@H]3CC(=O)O)C[C@H]21. The van der Waals surface area contributed by atoms with Crippen LogP contribution >= 0.6 is 0 Å². The fraction of sp³-hybridized carbons (Fsp3) is 0.568. The number of piperidine rings is 1. The third-order valence-electron chi connectivity index (χ3n) is 10.1. The Labute approximate surface area is 286 Å². The van der Waals surface area contributed by atoms with E-state index in [9.17, 15) is 34.5 Å². The highest BCUT2D eigenvalue weighted by Crippen LogP contribution is 2.47. The molecule has 2 aromatic rings. The second kappa shape index (κ2) is 16.5. The first-order chi connectivity index (χ1) is 23.6. The van der Waals surface area contributed by atoms with Crippen LogP contribution in [0.1, 0.15) is 69.1 Å². The van der Waals surface area contributed by atoms with Gasteiger partial charge in [-0.05, 0) is 81.1 Å². The van der Waals surface area contributed by atoms with Crippen molar-refractivity contribution in [3.63, 3.8) is 0 Å². The molecular formula is C37H47NO11. The van der Waals surface area contributed by atoms with Crippen molar-refractivity contribution in [1.29, 1.82) is 0 Å². The van der Waals surface area contributed by atoms with Gasteiger partial charge >= 0.3 is 23.9 Å². The normalized spacial score (nSPS) is 26.5. The Kier molecular flexibility index (Phi) is 12.2. The van der Waals surface area contributed by atoms with E-state index in [2.05, 4.69) is 11.8 Å². The molecule has 2 saturated heterocycles. The van der Waals surface area contributed by atoms with Crippen LogP contribution in [0.4, 0.5) is 0 Å². The number of hydrogen-bond acceptors (Lipinski definition) is 9. The molecule has 2 aromatic carbocycles. The Morgan fingerprint density at radius 1 is 0.878 bits per heavy atom. The molecule has 3 aliphatic rings. The number of carboxylic acid groups (broad SMARTS) is 3. The summed E-state index contributed by atoms with van der Waals surface area (Å²) in [5.41, 5.74) is 2.91. The maximum absolute atomic E-state index is 13.3. The second-order valence-electron chi connectivity index (χ2n) is 13.3. The molecular weight excluding hydrogens is 634 g/mol. The van der Waals surface area contributed by atoms with Crippen LogP contribution in [0.25, 0.3) is 0 Å². The summed E-state index contributed by atoms with van der Waals surface area (Å²) >= 11 is 0. The van der Waals surface area contributed by atoms with E-state index < -0.39 is 73.3 Å². The minimum Gasteiger partial charge on any atom is -0.485 e. The van der Waals surface area contributed by atoms with E-state index >= 15 is 0 Å². The molecule has 0 bridgehead atoms. The molecule has 3 N–H and O–H groups in total. The Hall–Kier alpha value is -4.16. The lowest BCUT2D eigenvalue weighted by Gasteiger charge is -2.46. The van der Waals surface area contributed by atoms with Gasteiger partial charge in [0.15, 0.2) is 17.6 Å². The molecule has 0 unspecified atom stereocenters. The number of fused-ring (bicyclic) bond motifs is 2. The van der Waals surface area contributed by atoms with Crippen molar-refractivity contribution in [3.8, 4) is 11.5 Å². The van der Waals surface area contributed by atoms with E-state index in [1.807, 2.05) is 42.5 Å². The Morgan fingerprint density at radius 3 is 2.24 bits per heavy atom. The number of ether oxygens (including phenoxy) is 4. The molecule has 266 valence electrons. The van der Waals surface area contributed by atoms with Crippen molar-refractivity contribution in [2.24, 2.45) is 23.7 Å². The van der Waals surface area contributed by atoms with Gasteiger partial charge in [0.25, 0.3) is 0 Å². The summed E-state index contributed by atoms with van der Waals surface area (Å²) in [7, 11) is 0. The number of hydrogen-bond donors (Lipinski definition) is 3. The zero-order chi connectivity index (χ0) is 35.1. The van der Waals surface area contributed by atoms with E-state index in [0.717, 1.165) is 55.5 Å². The summed E-state index contributed by atoms with van der Waals surface area (Å²) in [6.07, 6.45) is -0.00849. The Morgan fingerprint density at radius 2 is 1.57 bits per heavy atom. The number of esters is 1. The molecule has 12 heteroatoms.